The van der Waals surface area contributed by atoms with Gasteiger partial charge in [-0.25, -0.2) is 24.0 Å². The second-order valence-electron chi connectivity index (χ2n) is 31.0. The summed E-state index contributed by atoms with van der Waals surface area (Å²) in [4.78, 5) is 103. The summed E-state index contributed by atoms with van der Waals surface area (Å²) in [5, 5.41) is 43.1. The van der Waals surface area contributed by atoms with Crippen molar-refractivity contribution in [3.63, 3.8) is 0 Å². The van der Waals surface area contributed by atoms with E-state index >= 15 is 0 Å². The van der Waals surface area contributed by atoms with E-state index < -0.39 is 102 Å². The molecule has 122 heavy (non-hydrogen) atoms. The molecule has 1 aliphatic rings. The van der Waals surface area contributed by atoms with Gasteiger partial charge in [0.1, 0.15) is 52.9 Å². The monoisotopic (exact) mass is 1680 g/mol. The number of ketones is 2. The molecule has 0 aromatic heterocycles. The van der Waals surface area contributed by atoms with Gasteiger partial charge in [-0.05, 0) is 143 Å². The van der Waals surface area contributed by atoms with Crippen molar-refractivity contribution >= 4 is 104 Å². The van der Waals surface area contributed by atoms with Crippen LogP contribution >= 0.6 is 13.8 Å². The van der Waals surface area contributed by atoms with Crippen LogP contribution in [-0.4, -0.2) is 136 Å². The van der Waals surface area contributed by atoms with Crippen molar-refractivity contribution in [3.8, 4) is 12.1 Å². The Bertz CT molecular complexity index is 5000. The number of hydrogen-bond acceptors (Lipinski definition) is 17. The molecule has 10 aromatic carbocycles. The fraction of sp³-hybridized carbons (Fsp3) is 0.265. The number of amides is 4. The zero-order valence-electron chi connectivity index (χ0n) is 70.1. The molecule has 1 heterocycles. The number of benzene rings is 10. The van der Waals surface area contributed by atoms with E-state index in [1.165, 1.54) is 20.8 Å². The number of nitriles is 2. The molecule has 11 rings (SSSR count). The van der Waals surface area contributed by atoms with Gasteiger partial charge in [-0.2, -0.15) is 10.5 Å². The molecule has 24 heteroatoms. The second kappa shape index (κ2) is 47.3. The van der Waals surface area contributed by atoms with Crippen LogP contribution < -0.4 is 47.8 Å². The van der Waals surface area contributed by atoms with Crippen LogP contribution in [0.5, 0.6) is 0 Å². The van der Waals surface area contributed by atoms with E-state index in [2.05, 4.69) is 64.5 Å². The maximum Gasteiger partial charge on any atom is 0.408 e. The highest BCUT2D eigenvalue weighted by Crippen LogP contribution is 2.47. The second-order valence-corrected chi connectivity index (χ2v) is 37.6. The Morgan fingerprint density at radius 2 is 0.689 bits per heavy atom. The summed E-state index contributed by atoms with van der Waals surface area (Å²) >= 11 is 0. The van der Waals surface area contributed by atoms with E-state index in [0.29, 0.717) is 12.8 Å². The first-order valence-electron chi connectivity index (χ1n) is 39.8. The van der Waals surface area contributed by atoms with Crippen LogP contribution in [0.4, 0.5) is 14.4 Å². The third kappa shape index (κ3) is 29.3. The zero-order chi connectivity index (χ0) is 88.0. The molecule has 0 radical (unpaired) electrons. The van der Waals surface area contributed by atoms with Crippen molar-refractivity contribution in [1.82, 2.24) is 20.9 Å². The highest BCUT2D eigenvalue weighted by Gasteiger charge is 2.42. The van der Waals surface area contributed by atoms with Crippen LogP contribution in [0.2, 0.25) is 0 Å². The number of likely N-dealkylation sites (tertiary alicyclic amines) is 1. The van der Waals surface area contributed by atoms with Crippen LogP contribution in [0.25, 0.3) is 0 Å². The maximum atomic E-state index is 14.6. The standard InChI is InChI=1S/C35H35N2O4P.C28H34N2O7.C20H16NP.C15H21NO5/c1-35(2,3)41-34(39)37-31(26-40-25-27-16-8-4-9-17-27)33(38)32(24-36)42(28-18-10-5-11-19-28,29-20-12-6-13-21-29)30-22-14-7-15-23-30;1-28(2,3)37-27(34)29-22(19-35-17-20-11-6-4-7-12-20)24(31)25(32)30-16-10-15-23(30)26(33)36-18-21-13-8-5-9-14-21;21-16-17-22(18-10-4-1-5-11-18,19-12-6-2-7-13-19)20-14-8-3-9-15-20;1-15(2,3)21-14(19)16-12(13(17)18)10-20-9-11-7-5-4-6-8-11/h4-23,31H,25-26H2,1-3H3,(H,37,39);4-9,11-14,22-23H,10,15-19H2,1-3H3,(H,29,34);1-15,17H;4-8,12H,9-10H2,1-3H3,(H,16,19)(H,17,18)/t31-;22-,23-;;12-/m00.0/s1. The highest BCUT2D eigenvalue weighted by molar-refractivity contribution is 7.97. The largest absolute Gasteiger partial charge is 0.480 e. The molecule has 0 aliphatic carbocycles. The van der Waals surface area contributed by atoms with Crippen LogP contribution in [0, 0.1) is 22.7 Å². The average molecular weight is 1690 g/mol. The number of nitrogens with zero attached hydrogens (tertiary/aromatic N) is 3. The summed E-state index contributed by atoms with van der Waals surface area (Å²) in [6, 6.07) is 97.6. The van der Waals surface area contributed by atoms with E-state index in [1.54, 1.807) is 62.3 Å². The van der Waals surface area contributed by atoms with Gasteiger partial charge in [-0.3, -0.25) is 14.4 Å². The normalized spacial score (nSPS) is 13.1. The SMILES string of the molecule is CC(C)(C)OC(=O)N[C@@H](COCc1ccccc1)C(=O)C(=O)N1CCC[C@H]1C(=O)OCc1ccccc1.CC(C)(C)OC(=O)N[C@@H](COCc1ccccc1)C(=O)C(C#N)=P(c1ccccc1)(c1ccccc1)c1ccccc1.CC(C)(C)OC(=O)N[C@@H](COCc1ccccc1)C(=O)O.N#CC=P(c1ccccc1)(c1ccccc1)c1ccccc1. The number of alkyl carbamates (subject to hydrolysis) is 3. The first-order valence-corrected chi connectivity index (χ1v) is 43.5. The molecule has 0 bridgehead atoms. The molecule has 1 aliphatic heterocycles. The lowest BCUT2D eigenvalue weighted by atomic mass is 10.1. The Kier molecular flexibility index (Phi) is 36.7. The van der Waals surface area contributed by atoms with Crippen LogP contribution in [-0.2, 0) is 83.6 Å². The van der Waals surface area contributed by atoms with Gasteiger partial charge in [0.25, 0.3) is 5.91 Å². The summed E-state index contributed by atoms with van der Waals surface area (Å²) in [5.41, 5.74) is 1.29. The van der Waals surface area contributed by atoms with Crippen LogP contribution in [0.1, 0.15) is 97.4 Å². The van der Waals surface area contributed by atoms with Gasteiger partial charge in [-0.1, -0.05) is 303 Å². The van der Waals surface area contributed by atoms with Gasteiger partial charge in [0, 0.05) is 12.3 Å². The molecule has 4 atom stereocenters. The lowest BCUT2D eigenvalue weighted by Crippen LogP contribution is -2.53. The minimum Gasteiger partial charge on any atom is -0.480 e. The van der Waals surface area contributed by atoms with E-state index in [4.69, 9.17) is 38.3 Å². The summed E-state index contributed by atoms with van der Waals surface area (Å²) in [6.07, 6.45) is -1.44. The number of carbonyl (C=O) groups is 8. The van der Waals surface area contributed by atoms with Gasteiger partial charge < -0.3 is 59.1 Å². The minimum absolute atomic E-state index is 0.0652. The quantitative estimate of drug-likeness (QED) is 0.0146. The molecular formula is C98H106N6O16P2. The van der Waals surface area contributed by atoms with Crippen molar-refractivity contribution < 1.29 is 76.6 Å². The summed E-state index contributed by atoms with van der Waals surface area (Å²) in [6.45, 7) is 10.9. The lowest BCUT2D eigenvalue weighted by molar-refractivity contribution is -0.157. The maximum absolute atomic E-state index is 14.6. The van der Waals surface area contributed by atoms with Crippen molar-refractivity contribution in [2.24, 2.45) is 0 Å². The third-order valence-electron chi connectivity index (χ3n) is 18.3. The predicted octanol–water partition coefficient (Wildman–Crippen LogP) is 14.2. The molecule has 4 N–H and O–H groups in total. The third-order valence-corrected chi connectivity index (χ3v) is 26.3. The number of esters is 1. The number of nitrogens with one attached hydrogen (secondary N) is 3. The van der Waals surface area contributed by atoms with E-state index in [1.807, 2.05) is 273 Å². The Morgan fingerprint density at radius 3 is 0.984 bits per heavy atom. The van der Waals surface area contributed by atoms with Crippen LogP contribution in [0.3, 0.4) is 0 Å². The Labute approximate surface area is 715 Å². The molecule has 0 unspecified atom stereocenters. The fourth-order valence-electron chi connectivity index (χ4n) is 12.9. The summed E-state index contributed by atoms with van der Waals surface area (Å²) in [5.74, 6) is -2.17. The zero-order valence-corrected chi connectivity index (χ0v) is 71.9. The molecule has 1 fully saturated rings. The summed E-state index contributed by atoms with van der Waals surface area (Å²) in [7, 11) is 0. The Balaban J connectivity index is 0.000000211. The van der Waals surface area contributed by atoms with Crippen molar-refractivity contribution in [2.75, 3.05) is 26.4 Å². The smallest absolute Gasteiger partial charge is 0.408 e. The number of ether oxygens (including phenoxy) is 7. The number of carboxylic acid groups (broad SMARTS) is 1. The molecule has 0 spiro atoms. The van der Waals surface area contributed by atoms with Crippen molar-refractivity contribution in [2.45, 2.75) is 143 Å². The number of carbonyl (C=O) groups excluding carboxylic acids is 7. The molecule has 10 aromatic rings. The number of Topliss-reactive ketones (excluding diaryl/α,β-unsaturated/α-hetero) is 2. The number of carboxylic acids is 1. The van der Waals surface area contributed by atoms with Gasteiger partial charge in [0.05, 0.1) is 45.7 Å². The van der Waals surface area contributed by atoms with E-state index in [0.717, 1.165) is 38.2 Å². The molecule has 1 saturated heterocycles. The molecule has 4 amide bonds. The fourth-order valence-corrected chi connectivity index (χ4v) is 20.5. The summed E-state index contributed by atoms with van der Waals surface area (Å²) < 4.78 is 38.1. The Morgan fingerprint density at radius 1 is 0.410 bits per heavy atom. The van der Waals surface area contributed by atoms with Crippen molar-refractivity contribution in [3.05, 3.63) is 326 Å². The van der Waals surface area contributed by atoms with E-state index in [-0.39, 0.29) is 58.1 Å². The molecule has 0 saturated carbocycles. The van der Waals surface area contributed by atoms with Crippen LogP contribution in [0.15, 0.2) is 303 Å². The highest BCUT2D eigenvalue weighted by atomic mass is 31.2. The molecular weight excluding hydrogens is 1580 g/mol. The number of hydrogen-bond donors (Lipinski definition) is 4. The molecule has 22 nitrogen and oxygen atoms in total. The predicted molar refractivity (Wildman–Crippen MR) is 479 cm³/mol. The Hall–Kier alpha value is -12.8. The number of aliphatic carboxylic acids is 1. The van der Waals surface area contributed by atoms with Crippen molar-refractivity contribution in [1.29, 1.82) is 10.5 Å². The molecule has 634 valence electrons. The van der Waals surface area contributed by atoms with Gasteiger partial charge in [-0.15, -0.1) is 0 Å². The first-order chi connectivity index (χ1) is 58.5. The van der Waals surface area contributed by atoms with Gasteiger partial charge in [0.2, 0.25) is 5.78 Å². The minimum atomic E-state index is -2.99. The number of rotatable bonds is 29. The average Bonchev–Trinajstić information content (AvgIpc) is 0.921. The first kappa shape index (κ1) is 94.7. The van der Waals surface area contributed by atoms with E-state index in [9.17, 15) is 48.9 Å². The lowest BCUT2D eigenvalue weighted by Gasteiger charge is -2.31. The topological polar surface area (TPSA) is 308 Å². The van der Waals surface area contributed by atoms with Gasteiger partial charge in [0.15, 0.2) is 11.8 Å². The van der Waals surface area contributed by atoms with Gasteiger partial charge >= 0.3 is 30.2 Å².